The van der Waals surface area contributed by atoms with Crippen LogP contribution in [0, 0.1) is 0 Å². The molecule has 0 bridgehead atoms. The highest BCUT2D eigenvalue weighted by atomic mass is 79.9. The molecule has 0 aliphatic carbocycles. The summed E-state index contributed by atoms with van der Waals surface area (Å²) in [6, 6.07) is 3.03. The zero-order valence-corrected chi connectivity index (χ0v) is 9.74. The van der Waals surface area contributed by atoms with E-state index in [1.54, 1.807) is 32.2 Å². The molecule has 0 saturated carbocycles. The van der Waals surface area contributed by atoms with Gasteiger partial charge in [0, 0.05) is 12.6 Å². The Kier molecular flexibility index (Phi) is 3.63. The molecule has 0 radical (unpaired) electrons. The second-order valence-corrected chi connectivity index (χ2v) is 3.92. The van der Waals surface area contributed by atoms with E-state index < -0.39 is 0 Å². The van der Waals surface area contributed by atoms with Gasteiger partial charge in [0.1, 0.15) is 0 Å². The molecule has 3 nitrogen and oxygen atoms in total. The summed E-state index contributed by atoms with van der Waals surface area (Å²) in [5.74, 6) is 0.0604. The van der Waals surface area contributed by atoms with Crippen molar-refractivity contribution in [2.24, 2.45) is 0 Å². The lowest BCUT2D eigenvalue weighted by Gasteiger charge is -2.12. The van der Waals surface area contributed by atoms with Gasteiger partial charge in [-0.2, -0.15) is 0 Å². The lowest BCUT2D eigenvalue weighted by atomic mass is 10.1. The molecule has 0 spiro atoms. The van der Waals surface area contributed by atoms with Gasteiger partial charge in [0.2, 0.25) is 0 Å². The van der Waals surface area contributed by atoms with Crippen molar-refractivity contribution in [3.05, 3.63) is 33.2 Å². The molecule has 0 saturated heterocycles. The average molecular weight is 258 g/mol. The Morgan fingerprint density at radius 1 is 1.64 bits per heavy atom. The molecule has 1 unspecified atom stereocenters. The highest BCUT2D eigenvalue weighted by Gasteiger charge is 2.14. The van der Waals surface area contributed by atoms with Crippen LogP contribution in [0.25, 0.3) is 0 Å². The van der Waals surface area contributed by atoms with Gasteiger partial charge in [-0.15, -0.1) is 0 Å². The Morgan fingerprint density at radius 2 is 2.29 bits per heavy atom. The molecule has 0 aliphatic heterocycles. The number of carbonyl (C=O) groups is 1. The van der Waals surface area contributed by atoms with Crippen LogP contribution in [0.3, 0.4) is 0 Å². The van der Waals surface area contributed by atoms with E-state index in [-0.39, 0.29) is 17.4 Å². The van der Waals surface area contributed by atoms with Crippen LogP contribution in [0.2, 0.25) is 0 Å². The van der Waals surface area contributed by atoms with Crippen molar-refractivity contribution < 1.29 is 4.79 Å². The molecule has 4 heteroatoms. The Bertz CT molecular complexity index is 397. The first-order valence-corrected chi connectivity index (χ1v) is 5.26. The number of pyridine rings is 1. The second-order valence-electron chi connectivity index (χ2n) is 3.06. The molecule has 1 aromatic heterocycles. The van der Waals surface area contributed by atoms with E-state index in [1.165, 1.54) is 4.57 Å². The zero-order valence-electron chi connectivity index (χ0n) is 8.16. The smallest absolute Gasteiger partial charge is 0.265 e. The number of ketones is 1. The van der Waals surface area contributed by atoms with Gasteiger partial charge >= 0.3 is 0 Å². The van der Waals surface area contributed by atoms with Crippen LogP contribution >= 0.6 is 15.9 Å². The van der Waals surface area contributed by atoms with Gasteiger partial charge in [-0.3, -0.25) is 9.59 Å². The maximum absolute atomic E-state index is 11.6. The van der Waals surface area contributed by atoms with E-state index in [1.807, 2.05) is 0 Å². The summed E-state index contributed by atoms with van der Waals surface area (Å²) in [7, 11) is 0. The first-order valence-electron chi connectivity index (χ1n) is 4.47. The molecular weight excluding hydrogens is 246 g/mol. The summed E-state index contributed by atoms with van der Waals surface area (Å²) in [6.45, 7) is 3.53. The predicted molar refractivity (Wildman–Crippen MR) is 58.4 cm³/mol. The van der Waals surface area contributed by atoms with Crippen LogP contribution in [-0.2, 0) is 4.79 Å². The molecule has 1 heterocycles. The second kappa shape index (κ2) is 4.55. The average Bonchev–Trinajstić information content (AvgIpc) is 2.20. The summed E-state index contributed by atoms with van der Waals surface area (Å²) in [4.78, 5) is 23.0. The molecule has 0 N–H and O–H groups in total. The lowest BCUT2D eigenvalue weighted by molar-refractivity contribution is -0.121. The third kappa shape index (κ3) is 2.12. The zero-order chi connectivity index (χ0) is 10.7. The van der Waals surface area contributed by atoms with E-state index in [9.17, 15) is 9.59 Å². The molecule has 0 fully saturated rings. The van der Waals surface area contributed by atoms with Crippen molar-refractivity contribution in [1.29, 1.82) is 0 Å². The van der Waals surface area contributed by atoms with Gasteiger partial charge in [-0.1, -0.05) is 6.92 Å². The molecular formula is C10H12BrNO2. The standard InChI is InChI=1S/C10H12BrNO2/c1-3-9(13)7(2)12-6-4-5-8(11)10(12)14/h4-7H,3H2,1-2H3. The van der Waals surface area contributed by atoms with Crippen molar-refractivity contribution in [2.45, 2.75) is 26.3 Å². The van der Waals surface area contributed by atoms with Gasteiger partial charge in [0.25, 0.3) is 5.56 Å². The van der Waals surface area contributed by atoms with E-state index in [2.05, 4.69) is 15.9 Å². The number of hydrogen-bond acceptors (Lipinski definition) is 2. The van der Waals surface area contributed by atoms with Crippen LogP contribution in [0.5, 0.6) is 0 Å². The van der Waals surface area contributed by atoms with Crippen LogP contribution in [0.4, 0.5) is 0 Å². The molecule has 0 amide bonds. The van der Waals surface area contributed by atoms with Crippen molar-refractivity contribution in [3.8, 4) is 0 Å². The highest BCUT2D eigenvalue weighted by molar-refractivity contribution is 9.10. The fourth-order valence-electron chi connectivity index (χ4n) is 1.24. The summed E-state index contributed by atoms with van der Waals surface area (Å²) < 4.78 is 1.92. The Morgan fingerprint density at radius 3 is 2.86 bits per heavy atom. The third-order valence-corrected chi connectivity index (χ3v) is 2.76. The predicted octanol–water partition coefficient (Wildman–Crippen LogP) is 2.15. The molecule has 1 rings (SSSR count). The summed E-state index contributed by atoms with van der Waals surface area (Å²) in [5.41, 5.74) is -0.165. The van der Waals surface area contributed by atoms with Crippen LogP contribution in [0.1, 0.15) is 26.3 Å². The molecule has 0 aliphatic rings. The summed E-state index contributed by atoms with van der Waals surface area (Å²) in [5, 5.41) is 0. The first-order chi connectivity index (χ1) is 6.57. The van der Waals surface area contributed by atoms with Crippen molar-refractivity contribution >= 4 is 21.7 Å². The Hall–Kier alpha value is -0.900. The minimum Gasteiger partial charge on any atom is -0.304 e. The summed E-state index contributed by atoms with van der Waals surface area (Å²) >= 11 is 3.14. The fraction of sp³-hybridized carbons (Fsp3) is 0.400. The van der Waals surface area contributed by atoms with E-state index in [0.717, 1.165) is 0 Å². The number of aromatic nitrogens is 1. The Balaban J connectivity index is 3.14. The fourth-order valence-corrected chi connectivity index (χ4v) is 1.60. The number of nitrogens with zero attached hydrogens (tertiary/aromatic N) is 1. The number of hydrogen-bond donors (Lipinski definition) is 0. The Labute approximate surface area is 90.9 Å². The van der Waals surface area contributed by atoms with Crippen molar-refractivity contribution in [1.82, 2.24) is 4.57 Å². The van der Waals surface area contributed by atoms with Crippen LogP contribution in [-0.4, -0.2) is 10.4 Å². The van der Waals surface area contributed by atoms with Gasteiger partial charge in [-0.05, 0) is 35.0 Å². The minimum atomic E-state index is -0.384. The quantitative estimate of drug-likeness (QED) is 0.833. The van der Waals surface area contributed by atoms with Gasteiger partial charge in [-0.25, -0.2) is 0 Å². The number of carbonyl (C=O) groups excluding carboxylic acids is 1. The molecule has 76 valence electrons. The van der Waals surface area contributed by atoms with E-state index in [4.69, 9.17) is 0 Å². The topological polar surface area (TPSA) is 39.1 Å². The van der Waals surface area contributed by atoms with Gasteiger partial charge < -0.3 is 4.57 Å². The number of Topliss-reactive ketones (excluding diaryl/α,β-unsaturated/α-hetero) is 1. The highest BCUT2D eigenvalue weighted by Crippen LogP contribution is 2.08. The first kappa shape index (κ1) is 11.2. The molecule has 14 heavy (non-hydrogen) atoms. The SMILES string of the molecule is CCC(=O)C(C)n1cccc(Br)c1=O. The van der Waals surface area contributed by atoms with E-state index in [0.29, 0.717) is 10.9 Å². The van der Waals surface area contributed by atoms with Crippen LogP contribution < -0.4 is 5.56 Å². The van der Waals surface area contributed by atoms with Crippen molar-refractivity contribution in [3.63, 3.8) is 0 Å². The maximum Gasteiger partial charge on any atom is 0.265 e. The van der Waals surface area contributed by atoms with Gasteiger partial charge in [0.05, 0.1) is 10.5 Å². The third-order valence-electron chi connectivity index (χ3n) is 2.16. The van der Waals surface area contributed by atoms with E-state index >= 15 is 0 Å². The maximum atomic E-state index is 11.6. The molecule has 0 aromatic carbocycles. The van der Waals surface area contributed by atoms with Crippen LogP contribution in [0.15, 0.2) is 27.6 Å². The largest absolute Gasteiger partial charge is 0.304 e. The van der Waals surface area contributed by atoms with Gasteiger partial charge in [0.15, 0.2) is 5.78 Å². The number of rotatable bonds is 3. The molecule has 1 atom stereocenters. The minimum absolute atomic E-state index is 0.0604. The lowest BCUT2D eigenvalue weighted by Crippen LogP contribution is -2.27. The van der Waals surface area contributed by atoms with Crippen molar-refractivity contribution in [2.75, 3.05) is 0 Å². The molecule has 1 aromatic rings. The number of halogens is 1. The summed E-state index contributed by atoms with van der Waals surface area (Å²) in [6.07, 6.45) is 2.07. The normalized spacial score (nSPS) is 12.5. The monoisotopic (exact) mass is 257 g/mol.